The zero-order chi connectivity index (χ0) is 15.9. The van der Waals surface area contributed by atoms with Gasteiger partial charge in [0.1, 0.15) is 0 Å². The SMILES string of the molecule is CCOC(=O)[C@H](Nc1ccc(C(=O)O)cc1)c1ccccc1. The van der Waals surface area contributed by atoms with Crippen molar-refractivity contribution in [3.63, 3.8) is 0 Å². The standard InChI is InChI=1S/C17H17NO4/c1-2-22-17(21)15(12-6-4-3-5-7-12)18-14-10-8-13(9-11-14)16(19)20/h3-11,15,18H,2H2,1H3,(H,19,20)/t15-/m1/s1. The number of carboxylic acids is 1. The number of hydrogen-bond acceptors (Lipinski definition) is 4. The molecule has 0 saturated carbocycles. The molecule has 0 aliphatic heterocycles. The Balaban J connectivity index is 2.22. The number of benzene rings is 2. The summed E-state index contributed by atoms with van der Waals surface area (Å²) in [7, 11) is 0. The number of rotatable bonds is 6. The van der Waals surface area contributed by atoms with Crippen molar-refractivity contribution >= 4 is 17.6 Å². The van der Waals surface area contributed by atoms with Crippen LogP contribution in [-0.2, 0) is 9.53 Å². The summed E-state index contributed by atoms with van der Waals surface area (Å²) >= 11 is 0. The Kier molecular flexibility index (Phi) is 5.14. The lowest BCUT2D eigenvalue weighted by molar-refractivity contribution is -0.144. The minimum absolute atomic E-state index is 0.193. The lowest BCUT2D eigenvalue weighted by Gasteiger charge is -2.19. The van der Waals surface area contributed by atoms with Crippen molar-refractivity contribution in [1.29, 1.82) is 0 Å². The van der Waals surface area contributed by atoms with Crippen LogP contribution in [0.15, 0.2) is 54.6 Å². The van der Waals surface area contributed by atoms with Crippen molar-refractivity contribution in [2.45, 2.75) is 13.0 Å². The summed E-state index contributed by atoms with van der Waals surface area (Å²) in [6, 6.07) is 14.8. The van der Waals surface area contributed by atoms with Crippen LogP contribution in [0.2, 0.25) is 0 Å². The number of hydrogen-bond donors (Lipinski definition) is 2. The van der Waals surface area contributed by atoms with Crippen LogP contribution in [0.5, 0.6) is 0 Å². The summed E-state index contributed by atoms with van der Waals surface area (Å²) in [5.41, 5.74) is 1.62. The molecule has 114 valence electrons. The second-order valence-electron chi connectivity index (χ2n) is 4.62. The average Bonchev–Trinajstić information content (AvgIpc) is 2.54. The fraction of sp³-hybridized carbons (Fsp3) is 0.176. The first-order valence-corrected chi connectivity index (χ1v) is 6.93. The molecule has 0 heterocycles. The number of esters is 1. The van der Waals surface area contributed by atoms with E-state index < -0.39 is 12.0 Å². The van der Waals surface area contributed by atoms with Crippen LogP contribution in [0.4, 0.5) is 5.69 Å². The van der Waals surface area contributed by atoms with Gasteiger partial charge in [-0.3, -0.25) is 0 Å². The third-order valence-electron chi connectivity index (χ3n) is 3.10. The Bertz CT molecular complexity index is 637. The molecule has 0 bridgehead atoms. The molecule has 0 amide bonds. The molecule has 0 aliphatic rings. The van der Waals surface area contributed by atoms with E-state index >= 15 is 0 Å². The van der Waals surface area contributed by atoms with Crippen LogP contribution in [0.25, 0.3) is 0 Å². The lowest BCUT2D eigenvalue weighted by atomic mass is 10.1. The maximum Gasteiger partial charge on any atom is 0.335 e. The van der Waals surface area contributed by atoms with Gasteiger partial charge in [-0.15, -0.1) is 0 Å². The highest BCUT2D eigenvalue weighted by Gasteiger charge is 2.21. The topological polar surface area (TPSA) is 75.6 Å². The predicted octanol–water partition coefficient (Wildman–Crippen LogP) is 3.10. The normalized spacial score (nSPS) is 11.5. The Labute approximate surface area is 128 Å². The van der Waals surface area contributed by atoms with Crippen molar-refractivity contribution in [1.82, 2.24) is 0 Å². The van der Waals surface area contributed by atoms with Gasteiger partial charge in [-0.1, -0.05) is 30.3 Å². The summed E-state index contributed by atoms with van der Waals surface area (Å²) in [6.07, 6.45) is 0. The minimum atomic E-state index is -0.989. The molecule has 5 heteroatoms. The number of aromatic carboxylic acids is 1. The lowest BCUT2D eigenvalue weighted by Crippen LogP contribution is -2.23. The highest BCUT2D eigenvalue weighted by atomic mass is 16.5. The predicted molar refractivity (Wildman–Crippen MR) is 82.8 cm³/mol. The molecule has 1 atom stereocenters. The van der Waals surface area contributed by atoms with E-state index in [0.717, 1.165) is 5.56 Å². The van der Waals surface area contributed by atoms with Crippen molar-refractivity contribution < 1.29 is 19.4 Å². The molecule has 0 radical (unpaired) electrons. The van der Waals surface area contributed by atoms with Gasteiger partial charge in [0.15, 0.2) is 6.04 Å². The van der Waals surface area contributed by atoms with Crippen molar-refractivity contribution in [3.8, 4) is 0 Å². The largest absolute Gasteiger partial charge is 0.478 e. The van der Waals surface area contributed by atoms with Gasteiger partial charge in [0.25, 0.3) is 0 Å². The average molecular weight is 299 g/mol. The Morgan fingerprint density at radius 3 is 2.27 bits per heavy atom. The molecule has 2 rings (SSSR count). The summed E-state index contributed by atoms with van der Waals surface area (Å²) in [6.45, 7) is 2.05. The monoisotopic (exact) mass is 299 g/mol. The fourth-order valence-corrected chi connectivity index (χ4v) is 2.03. The van der Waals surface area contributed by atoms with Crippen LogP contribution < -0.4 is 5.32 Å². The van der Waals surface area contributed by atoms with E-state index in [1.807, 2.05) is 30.3 Å². The maximum absolute atomic E-state index is 12.1. The number of ether oxygens (including phenoxy) is 1. The smallest absolute Gasteiger partial charge is 0.335 e. The molecule has 0 unspecified atom stereocenters. The van der Waals surface area contributed by atoms with Crippen molar-refractivity contribution in [2.24, 2.45) is 0 Å². The molecule has 0 saturated heterocycles. The molecule has 2 aromatic carbocycles. The van der Waals surface area contributed by atoms with E-state index in [9.17, 15) is 9.59 Å². The summed E-state index contributed by atoms with van der Waals surface area (Å²) < 4.78 is 5.10. The van der Waals surface area contributed by atoms with Crippen LogP contribution in [0.1, 0.15) is 28.9 Å². The number of carbonyl (C=O) groups is 2. The molecular formula is C17H17NO4. The molecule has 0 aliphatic carbocycles. The van der Waals surface area contributed by atoms with Crippen molar-refractivity contribution in [3.05, 3.63) is 65.7 Å². The number of carbonyl (C=O) groups excluding carboxylic acids is 1. The van der Waals surface area contributed by atoms with E-state index in [1.54, 1.807) is 19.1 Å². The van der Waals surface area contributed by atoms with E-state index in [-0.39, 0.29) is 11.5 Å². The second kappa shape index (κ2) is 7.26. The zero-order valence-electron chi connectivity index (χ0n) is 12.2. The first-order valence-electron chi connectivity index (χ1n) is 6.93. The molecule has 2 N–H and O–H groups in total. The number of nitrogens with one attached hydrogen (secondary N) is 1. The van der Waals surface area contributed by atoms with Crippen molar-refractivity contribution in [2.75, 3.05) is 11.9 Å². The summed E-state index contributed by atoms with van der Waals surface area (Å²) in [5, 5.41) is 12.0. The number of anilines is 1. The van der Waals surface area contributed by atoms with Crippen LogP contribution in [0, 0.1) is 0 Å². The highest BCUT2D eigenvalue weighted by Crippen LogP contribution is 2.21. The maximum atomic E-state index is 12.1. The van der Waals surface area contributed by atoms with E-state index in [2.05, 4.69) is 5.32 Å². The Morgan fingerprint density at radius 2 is 1.73 bits per heavy atom. The molecule has 5 nitrogen and oxygen atoms in total. The van der Waals surface area contributed by atoms with Crippen LogP contribution >= 0.6 is 0 Å². The number of carboxylic acid groups (broad SMARTS) is 1. The fourth-order valence-electron chi connectivity index (χ4n) is 2.03. The minimum Gasteiger partial charge on any atom is -0.478 e. The first kappa shape index (κ1) is 15.6. The summed E-state index contributed by atoms with van der Waals surface area (Å²) in [5.74, 6) is -1.37. The molecule has 22 heavy (non-hydrogen) atoms. The highest BCUT2D eigenvalue weighted by molar-refractivity contribution is 5.88. The van der Waals surface area contributed by atoms with Gasteiger partial charge in [0.2, 0.25) is 0 Å². The molecular weight excluding hydrogens is 282 g/mol. The van der Waals surface area contributed by atoms with E-state index in [0.29, 0.717) is 12.3 Å². The van der Waals surface area contributed by atoms with Gasteiger partial charge in [0.05, 0.1) is 12.2 Å². The van der Waals surface area contributed by atoms with Gasteiger partial charge >= 0.3 is 11.9 Å². The van der Waals surface area contributed by atoms with Gasteiger partial charge in [-0.2, -0.15) is 0 Å². The molecule has 0 fully saturated rings. The third kappa shape index (κ3) is 3.85. The zero-order valence-corrected chi connectivity index (χ0v) is 12.2. The Morgan fingerprint density at radius 1 is 1.09 bits per heavy atom. The van der Waals surface area contributed by atoms with Gasteiger partial charge < -0.3 is 15.2 Å². The Hall–Kier alpha value is -2.82. The quantitative estimate of drug-likeness (QED) is 0.802. The molecule has 0 aromatic heterocycles. The van der Waals surface area contributed by atoms with E-state index in [1.165, 1.54) is 12.1 Å². The van der Waals surface area contributed by atoms with Crippen LogP contribution in [0.3, 0.4) is 0 Å². The third-order valence-corrected chi connectivity index (χ3v) is 3.10. The van der Waals surface area contributed by atoms with E-state index in [4.69, 9.17) is 9.84 Å². The van der Waals surface area contributed by atoms with Gasteiger partial charge in [-0.25, -0.2) is 9.59 Å². The second-order valence-corrected chi connectivity index (χ2v) is 4.62. The summed E-state index contributed by atoms with van der Waals surface area (Å²) in [4.78, 5) is 23.0. The molecule has 2 aromatic rings. The first-order chi connectivity index (χ1) is 10.6. The van der Waals surface area contributed by atoms with Gasteiger partial charge in [-0.05, 0) is 36.8 Å². The van der Waals surface area contributed by atoms with Gasteiger partial charge in [0, 0.05) is 5.69 Å². The molecule has 0 spiro atoms. The van der Waals surface area contributed by atoms with Crippen LogP contribution in [-0.4, -0.2) is 23.7 Å².